The molecule has 0 N–H and O–H groups in total. The Morgan fingerprint density at radius 2 is 1.78 bits per heavy atom. The molecule has 0 aliphatic heterocycles. The summed E-state index contributed by atoms with van der Waals surface area (Å²) in [6, 6.07) is 11.0. The number of rotatable bonds is 16. The molecule has 0 amide bonds. The normalized spacial score (nSPS) is 12.1. The lowest BCUT2D eigenvalue weighted by atomic mass is 10.1. The third-order valence-corrected chi connectivity index (χ3v) is 8.63. The number of fused-ring (bicyclic) bond motifs is 1. The number of hydrogen-bond acceptors (Lipinski definition) is 9. The molecule has 200 valence electrons. The second kappa shape index (κ2) is 16.1. The van der Waals surface area contributed by atoms with E-state index in [1.165, 1.54) is 23.9 Å². The molecule has 0 aliphatic carbocycles. The van der Waals surface area contributed by atoms with Crippen molar-refractivity contribution in [2.24, 2.45) is 5.92 Å². The van der Waals surface area contributed by atoms with E-state index in [4.69, 9.17) is 13.9 Å². The highest BCUT2D eigenvalue weighted by Gasteiger charge is 2.11. The lowest BCUT2D eigenvalue weighted by Crippen LogP contribution is -2.07. The van der Waals surface area contributed by atoms with Crippen molar-refractivity contribution in [3.63, 3.8) is 0 Å². The fourth-order valence-electron chi connectivity index (χ4n) is 3.18. The second-order valence-electron chi connectivity index (χ2n) is 8.16. The van der Waals surface area contributed by atoms with Crippen molar-refractivity contribution in [1.82, 2.24) is 4.98 Å². The Kier molecular flexibility index (Phi) is 12.8. The van der Waals surface area contributed by atoms with E-state index in [1.807, 2.05) is 25.6 Å². The Hall–Kier alpha value is -2.01. The maximum atomic E-state index is 13.5. The third-order valence-electron chi connectivity index (χ3n) is 5.42. The molecule has 3 rings (SSSR count). The van der Waals surface area contributed by atoms with Crippen LogP contribution in [0.2, 0.25) is 0 Å². The summed E-state index contributed by atoms with van der Waals surface area (Å²) in [6.07, 6.45) is 0.901. The second-order valence-corrected chi connectivity index (χ2v) is 11.7. The maximum Gasteiger partial charge on any atom is 0.345 e. The van der Waals surface area contributed by atoms with Crippen LogP contribution in [0.1, 0.15) is 20.3 Å². The molecule has 6 nitrogen and oxygen atoms in total. The van der Waals surface area contributed by atoms with E-state index in [2.05, 4.69) is 4.98 Å². The number of ether oxygens (including phenoxy) is 2. The van der Waals surface area contributed by atoms with E-state index >= 15 is 0 Å². The van der Waals surface area contributed by atoms with Gasteiger partial charge in [0, 0.05) is 46.1 Å². The van der Waals surface area contributed by atoms with Crippen LogP contribution in [0.4, 0.5) is 4.39 Å². The van der Waals surface area contributed by atoms with Crippen LogP contribution in [-0.4, -0.2) is 58.7 Å². The van der Waals surface area contributed by atoms with Crippen molar-refractivity contribution in [3.8, 4) is 17.0 Å². The van der Waals surface area contributed by atoms with Gasteiger partial charge in [-0.2, -0.15) is 28.5 Å². The molecule has 37 heavy (non-hydrogen) atoms. The van der Waals surface area contributed by atoms with E-state index in [9.17, 15) is 14.0 Å². The molecule has 0 spiro atoms. The van der Waals surface area contributed by atoms with Gasteiger partial charge >= 0.3 is 5.63 Å². The van der Waals surface area contributed by atoms with Crippen molar-refractivity contribution in [2.45, 2.75) is 20.3 Å². The van der Waals surface area contributed by atoms with Crippen LogP contribution < -0.4 is 10.4 Å². The van der Waals surface area contributed by atoms with Crippen molar-refractivity contribution in [3.05, 3.63) is 58.7 Å². The Bertz CT molecular complexity index is 1210. The fourth-order valence-corrected chi connectivity index (χ4v) is 5.72. The first-order chi connectivity index (χ1) is 18.0. The highest BCUT2D eigenvalue weighted by molar-refractivity contribution is 8.14. The molecule has 1 atom stereocenters. The minimum atomic E-state index is -0.577. The largest absolute Gasteiger partial charge is 0.477 e. The van der Waals surface area contributed by atoms with Crippen LogP contribution in [0.3, 0.4) is 0 Å². The summed E-state index contributed by atoms with van der Waals surface area (Å²) < 4.78 is 30.2. The highest BCUT2D eigenvalue weighted by Crippen LogP contribution is 2.23. The van der Waals surface area contributed by atoms with Gasteiger partial charge in [-0.15, -0.1) is 0 Å². The van der Waals surface area contributed by atoms with Gasteiger partial charge in [-0.3, -0.25) is 4.79 Å². The summed E-state index contributed by atoms with van der Waals surface area (Å²) in [5, 5.41) is 0.925. The summed E-state index contributed by atoms with van der Waals surface area (Å²) in [4.78, 5) is 28.4. The summed E-state index contributed by atoms with van der Waals surface area (Å²) in [6.45, 7) is 5.88. The van der Waals surface area contributed by atoms with E-state index in [0.717, 1.165) is 35.2 Å². The van der Waals surface area contributed by atoms with Gasteiger partial charge in [0.15, 0.2) is 5.12 Å². The third kappa shape index (κ3) is 10.00. The van der Waals surface area contributed by atoms with Crippen LogP contribution >= 0.6 is 35.3 Å². The molecule has 0 fully saturated rings. The average molecular weight is 566 g/mol. The van der Waals surface area contributed by atoms with Crippen molar-refractivity contribution >= 4 is 51.5 Å². The van der Waals surface area contributed by atoms with Crippen LogP contribution in [-0.2, 0) is 9.53 Å². The van der Waals surface area contributed by atoms with Crippen LogP contribution in [0.25, 0.3) is 22.2 Å². The number of thioether (sulfide) groups is 3. The standard InChI is InChI=1S/C27H32FNO5S3/c1-3-19(2)27(31)37-16-15-36-13-10-32-9-12-35-14-11-33-24-8-7-21-18-23(26(30)34-25(21)29-24)20-5-4-6-22(28)17-20/h4-8,17-19H,3,9-16H2,1-2H3. The van der Waals surface area contributed by atoms with Crippen LogP contribution in [0.5, 0.6) is 5.88 Å². The first-order valence-corrected chi connectivity index (χ1v) is 15.5. The lowest BCUT2D eigenvalue weighted by Gasteiger charge is -2.08. The first-order valence-electron chi connectivity index (χ1n) is 12.2. The molecule has 0 bridgehead atoms. The number of carbonyl (C=O) groups excluding carboxylic acids is 1. The Balaban J connectivity index is 1.27. The molecule has 1 aromatic carbocycles. The van der Waals surface area contributed by atoms with Crippen LogP contribution in [0, 0.1) is 11.7 Å². The number of nitrogens with zero attached hydrogens (tertiary/aromatic N) is 1. The minimum Gasteiger partial charge on any atom is -0.477 e. The number of carbonyl (C=O) groups is 1. The topological polar surface area (TPSA) is 78.6 Å². The smallest absolute Gasteiger partial charge is 0.345 e. The van der Waals surface area contributed by atoms with Gasteiger partial charge in [0.25, 0.3) is 0 Å². The number of aromatic nitrogens is 1. The predicted molar refractivity (Wildman–Crippen MR) is 154 cm³/mol. The number of benzene rings is 1. The Morgan fingerprint density at radius 3 is 2.54 bits per heavy atom. The summed E-state index contributed by atoms with van der Waals surface area (Å²) >= 11 is 4.98. The number of hydrogen-bond donors (Lipinski definition) is 0. The summed E-state index contributed by atoms with van der Waals surface area (Å²) in [5.41, 5.74) is 0.349. The minimum absolute atomic E-state index is 0.149. The number of pyridine rings is 1. The molecular weight excluding hydrogens is 533 g/mol. The molecule has 0 saturated heterocycles. The monoisotopic (exact) mass is 565 g/mol. The fraction of sp³-hybridized carbons (Fsp3) is 0.444. The van der Waals surface area contributed by atoms with Crippen molar-refractivity contribution in [2.75, 3.05) is 48.6 Å². The summed E-state index contributed by atoms with van der Waals surface area (Å²) in [7, 11) is 0. The zero-order valence-corrected chi connectivity index (χ0v) is 23.5. The summed E-state index contributed by atoms with van der Waals surface area (Å²) in [5.74, 6) is 4.51. The van der Waals surface area contributed by atoms with Crippen molar-refractivity contribution in [1.29, 1.82) is 0 Å². The molecule has 2 heterocycles. The predicted octanol–water partition coefficient (Wildman–Crippen LogP) is 6.16. The molecule has 0 aliphatic rings. The van der Waals surface area contributed by atoms with Gasteiger partial charge in [-0.25, -0.2) is 9.18 Å². The zero-order valence-electron chi connectivity index (χ0n) is 21.1. The van der Waals surface area contributed by atoms with E-state index in [1.54, 1.807) is 42.1 Å². The average Bonchev–Trinajstić information content (AvgIpc) is 2.90. The van der Waals surface area contributed by atoms with E-state index in [0.29, 0.717) is 41.8 Å². The van der Waals surface area contributed by atoms with Crippen molar-refractivity contribution < 1.29 is 23.1 Å². The Labute approximate surface area is 229 Å². The molecule has 2 aromatic heterocycles. The van der Waals surface area contributed by atoms with Gasteiger partial charge in [-0.1, -0.05) is 37.7 Å². The maximum absolute atomic E-state index is 13.5. The molecule has 3 aromatic rings. The first kappa shape index (κ1) is 29.5. The lowest BCUT2D eigenvalue weighted by molar-refractivity contribution is -0.113. The SMILES string of the molecule is CCC(C)C(=O)SCCSCCOCCSCCOc1ccc2cc(-c3cccc(F)c3)c(=O)oc2n1. The zero-order chi connectivity index (χ0) is 26.5. The van der Waals surface area contributed by atoms with Gasteiger partial charge in [0.2, 0.25) is 11.6 Å². The van der Waals surface area contributed by atoms with Crippen LogP contribution in [0.15, 0.2) is 51.7 Å². The molecular formula is C27H32FNO5S3. The quantitative estimate of drug-likeness (QED) is 0.190. The van der Waals surface area contributed by atoms with E-state index < -0.39 is 11.4 Å². The molecule has 10 heteroatoms. The van der Waals surface area contributed by atoms with E-state index in [-0.39, 0.29) is 17.2 Å². The van der Waals surface area contributed by atoms with Gasteiger partial charge in [0.05, 0.1) is 25.4 Å². The Morgan fingerprint density at radius 1 is 1.03 bits per heavy atom. The van der Waals surface area contributed by atoms with Gasteiger partial charge < -0.3 is 13.9 Å². The molecule has 0 radical (unpaired) electrons. The molecule has 0 saturated carbocycles. The van der Waals surface area contributed by atoms with Gasteiger partial charge in [-0.05, 0) is 36.2 Å². The number of halogens is 1. The molecule has 1 unspecified atom stereocenters. The highest BCUT2D eigenvalue weighted by atomic mass is 32.2. The van der Waals surface area contributed by atoms with Gasteiger partial charge in [0.1, 0.15) is 5.82 Å².